The molecule has 0 radical (unpaired) electrons. The van der Waals surface area contributed by atoms with Crippen molar-refractivity contribution in [3.05, 3.63) is 35.7 Å². The number of aromatic amines is 1. The number of carboxylic acid groups (broad SMARTS) is 1. The number of nitrogens with one attached hydrogen (secondary N) is 3. The lowest BCUT2D eigenvalue weighted by atomic mass is 9.85. The number of hydrogen-bond acceptors (Lipinski definition) is 9. The van der Waals surface area contributed by atoms with E-state index in [2.05, 4.69) is 31.3 Å². The van der Waals surface area contributed by atoms with Gasteiger partial charge in [0.25, 0.3) is 0 Å². The zero-order valence-corrected chi connectivity index (χ0v) is 21.2. The number of hydrogen-bond donors (Lipinski definition) is 5. The van der Waals surface area contributed by atoms with E-state index < -0.39 is 54.0 Å². The van der Waals surface area contributed by atoms with Crippen molar-refractivity contribution in [1.29, 1.82) is 0 Å². The van der Waals surface area contributed by atoms with Crippen molar-refractivity contribution in [3.8, 4) is 0 Å². The highest BCUT2D eigenvalue weighted by Crippen LogP contribution is 2.32. The summed E-state index contributed by atoms with van der Waals surface area (Å²) in [7, 11) is 0. The molecule has 1 aliphatic rings. The molecule has 0 saturated heterocycles. The number of para-hydroxylation sites is 1. The molecular formula is C24H32N8O6. The van der Waals surface area contributed by atoms with Gasteiger partial charge in [0.05, 0.1) is 13.1 Å². The Morgan fingerprint density at radius 2 is 1.92 bits per heavy atom. The fourth-order valence-corrected chi connectivity index (χ4v) is 4.32. The smallest absolute Gasteiger partial charge is 0.320 e. The Labute approximate surface area is 218 Å². The summed E-state index contributed by atoms with van der Waals surface area (Å²) in [6, 6.07) is 4.94. The van der Waals surface area contributed by atoms with Crippen LogP contribution in [0.3, 0.4) is 0 Å². The van der Waals surface area contributed by atoms with Crippen LogP contribution in [0.4, 0.5) is 5.69 Å². The Morgan fingerprint density at radius 1 is 1.18 bits per heavy atom. The number of nitrogens with zero attached hydrogens (tertiary/aromatic N) is 4. The highest BCUT2D eigenvalue weighted by Gasteiger charge is 2.38. The number of carboxylic acids is 1. The van der Waals surface area contributed by atoms with Gasteiger partial charge in [0.15, 0.2) is 5.82 Å². The fraction of sp³-hybridized carbons (Fsp3) is 0.500. The van der Waals surface area contributed by atoms with Crippen LogP contribution in [0, 0.1) is 11.8 Å². The molecule has 0 bridgehead atoms. The van der Waals surface area contributed by atoms with E-state index in [1.165, 1.54) is 4.90 Å². The first-order chi connectivity index (χ1) is 18.1. The van der Waals surface area contributed by atoms with Gasteiger partial charge in [-0.15, -0.1) is 10.2 Å². The van der Waals surface area contributed by atoms with Gasteiger partial charge in [-0.3, -0.25) is 28.9 Å². The molecule has 0 fully saturated rings. The summed E-state index contributed by atoms with van der Waals surface area (Å²) < 4.78 is 0. The quantitative estimate of drug-likeness (QED) is 0.221. The number of anilines is 1. The number of carbonyl (C=O) groups is 5. The van der Waals surface area contributed by atoms with Crippen molar-refractivity contribution < 1.29 is 29.1 Å². The number of amides is 3. The summed E-state index contributed by atoms with van der Waals surface area (Å²) >= 11 is 0. The summed E-state index contributed by atoms with van der Waals surface area (Å²) in [6.45, 7) is 3.30. The second-order valence-corrected chi connectivity index (χ2v) is 9.26. The molecular weight excluding hydrogens is 496 g/mol. The van der Waals surface area contributed by atoms with Crippen LogP contribution in [0.1, 0.15) is 44.5 Å². The van der Waals surface area contributed by atoms with E-state index in [1.54, 1.807) is 19.1 Å². The highest BCUT2D eigenvalue weighted by molar-refractivity contribution is 6.05. The van der Waals surface area contributed by atoms with E-state index in [0.29, 0.717) is 18.5 Å². The number of ketones is 1. The summed E-state index contributed by atoms with van der Waals surface area (Å²) in [4.78, 5) is 64.0. The van der Waals surface area contributed by atoms with Gasteiger partial charge in [0, 0.05) is 30.9 Å². The summed E-state index contributed by atoms with van der Waals surface area (Å²) in [5.74, 6) is -3.83. The molecule has 1 aliphatic heterocycles. The van der Waals surface area contributed by atoms with Gasteiger partial charge in [0.2, 0.25) is 17.7 Å². The molecule has 0 unspecified atom stereocenters. The first-order valence-electron chi connectivity index (χ1n) is 12.3. The maximum absolute atomic E-state index is 13.3. The van der Waals surface area contributed by atoms with Crippen molar-refractivity contribution >= 4 is 35.2 Å². The molecule has 14 nitrogen and oxygen atoms in total. The van der Waals surface area contributed by atoms with Gasteiger partial charge >= 0.3 is 5.97 Å². The zero-order valence-electron chi connectivity index (χ0n) is 21.2. The minimum Gasteiger partial charge on any atom is -0.480 e. The molecule has 3 amide bonds. The minimum absolute atomic E-state index is 0.0249. The van der Waals surface area contributed by atoms with E-state index >= 15 is 0 Å². The average Bonchev–Trinajstić information content (AvgIpc) is 3.56. The van der Waals surface area contributed by atoms with Crippen LogP contribution in [0.15, 0.2) is 24.3 Å². The molecule has 204 valence electrons. The van der Waals surface area contributed by atoms with E-state index in [0.717, 1.165) is 5.56 Å². The van der Waals surface area contributed by atoms with Gasteiger partial charge in [0.1, 0.15) is 17.9 Å². The molecule has 0 saturated carbocycles. The molecule has 1 aromatic carbocycles. The lowest BCUT2D eigenvalue weighted by Crippen LogP contribution is -2.51. The lowest BCUT2D eigenvalue weighted by Gasteiger charge is -2.26. The Kier molecular flexibility index (Phi) is 9.60. The van der Waals surface area contributed by atoms with Crippen molar-refractivity contribution in [2.45, 2.75) is 58.2 Å². The van der Waals surface area contributed by atoms with Crippen molar-refractivity contribution in [2.24, 2.45) is 17.6 Å². The predicted octanol–water partition coefficient (Wildman–Crippen LogP) is -0.686. The second kappa shape index (κ2) is 12.9. The number of carbonyl (C=O) groups excluding carboxylic acids is 4. The number of tetrazole rings is 1. The predicted molar refractivity (Wildman–Crippen MR) is 133 cm³/mol. The molecule has 3 rings (SSSR count). The van der Waals surface area contributed by atoms with Crippen LogP contribution >= 0.6 is 0 Å². The van der Waals surface area contributed by atoms with Crippen molar-refractivity contribution in [3.63, 3.8) is 0 Å². The summed E-state index contributed by atoms with van der Waals surface area (Å²) in [5, 5.41) is 27.6. The second-order valence-electron chi connectivity index (χ2n) is 9.26. The van der Waals surface area contributed by atoms with E-state index in [9.17, 15) is 24.0 Å². The van der Waals surface area contributed by atoms with Crippen LogP contribution in [0.5, 0.6) is 0 Å². The van der Waals surface area contributed by atoms with Crippen molar-refractivity contribution in [1.82, 2.24) is 31.3 Å². The topological polar surface area (TPSA) is 213 Å². The highest BCUT2D eigenvalue weighted by atomic mass is 16.4. The fourth-order valence-electron chi connectivity index (χ4n) is 4.32. The molecule has 38 heavy (non-hydrogen) atoms. The maximum atomic E-state index is 13.3. The summed E-state index contributed by atoms with van der Waals surface area (Å²) in [5.41, 5.74) is 6.84. The number of aliphatic carboxylic acids is 1. The maximum Gasteiger partial charge on any atom is 0.320 e. The SMILES string of the molecule is CC[C@H](C)[C@H](CC(=O)C[C@@H](N)C(=O)O)C(=O)NCC(=O)N1c2ccccc2C[C@H]1C(=O)NCc1nn[nH]n1. The van der Waals surface area contributed by atoms with Gasteiger partial charge in [-0.05, 0) is 17.5 Å². The molecule has 0 spiro atoms. The Morgan fingerprint density at radius 3 is 2.58 bits per heavy atom. The number of fused-ring (bicyclic) bond motifs is 1. The van der Waals surface area contributed by atoms with Crippen LogP contribution in [0.25, 0.3) is 0 Å². The number of aromatic nitrogens is 4. The Balaban J connectivity index is 1.67. The van der Waals surface area contributed by atoms with E-state index in [1.807, 2.05) is 19.1 Å². The number of rotatable bonds is 13. The number of benzene rings is 1. The van der Waals surface area contributed by atoms with Crippen LogP contribution < -0.4 is 21.3 Å². The van der Waals surface area contributed by atoms with Gasteiger partial charge in [-0.2, -0.15) is 5.21 Å². The van der Waals surface area contributed by atoms with Gasteiger partial charge in [-0.25, -0.2) is 0 Å². The zero-order chi connectivity index (χ0) is 27.8. The van der Waals surface area contributed by atoms with Crippen molar-refractivity contribution in [2.75, 3.05) is 11.4 Å². The number of Topliss-reactive ketones (excluding diaryl/α,β-unsaturated/α-hetero) is 1. The molecule has 0 aliphatic carbocycles. The molecule has 2 heterocycles. The molecule has 1 aromatic heterocycles. The largest absolute Gasteiger partial charge is 0.480 e. The van der Waals surface area contributed by atoms with Gasteiger partial charge < -0.3 is 21.5 Å². The van der Waals surface area contributed by atoms with E-state index in [-0.39, 0.29) is 31.1 Å². The normalized spacial score (nSPS) is 16.7. The Hall–Kier alpha value is -4.20. The van der Waals surface area contributed by atoms with E-state index in [4.69, 9.17) is 10.8 Å². The summed E-state index contributed by atoms with van der Waals surface area (Å²) in [6.07, 6.45) is 0.303. The van der Waals surface area contributed by atoms with Crippen LogP contribution in [-0.4, -0.2) is 73.8 Å². The molecule has 4 atom stereocenters. The number of nitrogens with two attached hydrogens (primary N) is 1. The molecule has 14 heteroatoms. The first kappa shape index (κ1) is 28.4. The third kappa shape index (κ3) is 6.97. The molecule has 6 N–H and O–H groups in total. The lowest BCUT2D eigenvalue weighted by molar-refractivity contribution is -0.140. The molecule has 2 aromatic rings. The number of H-pyrrole nitrogens is 1. The first-order valence-corrected chi connectivity index (χ1v) is 12.3. The minimum atomic E-state index is -1.34. The average molecular weight is 529 g/mol. The van der Waals surface area contributed by atoms with Crippen LogP contribution in [0.2, 0.25) is 0 Å². The van der Waals surface area contributed by atoms with Gasteiger partial charge in [-0.1, -0.05) is 43.7 Å². The monoisotopic (exact) mass is 528 g/mol. The standard InChI is InChI=1S/C24H32N8O6/c1-3-13(2)16(9-15(33)10-17(25)24(37)38)22(35)27-12-21(34)32-18-7-5-4-6-14(18)8-19(32)23(36)26-11-20-28-30-31-29-20/h4-7,13,16-17,19H,3,8-12,25H2,1-2H3,(H,26,36)(H,27,35)(H,37,38)(H,28,29,30,31)/t13-,16-,17+,19-/m0/s1. The van der Waals surface area contributed by atoms with Crippen LogP contribution in [-0.2, 0) is 36.9 Å². The Bertz CT molecular complexity index is 1170. The third-order valence-electron chi connectivity index (χ3n) is 6.65. The third-order valence-corrected chi connectivity index (χ3v) is 6.65.